The number of anilines is 1. The second-order valence-electron chi connectivity index (χ2n) is 4.98. The zero-order valence-electron chi connectivity index (χ0n) is 12.3. The lowest BCUT2D eigenvalue weighted by Gasteiger charge is -2.25. The van der Waals surface area contributed by atoms with Crippen LogP contribution in [0.1, 0.15) is 39.3 Å². The van der Waals surface area contributed by atoms with E-state index >= 15 is 0 Å². The normalized spacial score (nSPS) is 13.1. The van der Waals surface area contributed by atoms with Gasteiger partial charge >= 0.3 is 0 Å². The minimum Gasteiger partial charge on any atom is -0.355 e. The van der Waals surface area contributed by atoms with Crippen molar-refractivity contribution in [2.75, 3.05) is 18.5 Å². The highest BCUT2D eigenvalue weighted by Gasteiger charge is 2.18. The highest BCUT2D eigenvalue weighted by molar-refractivity contribution is 7.15. The van der Waals surface area contributed by atoms with Crippen molar-refractivity contribution in [2.24, 2.45) is 0 Å². The quantitative estimate of drug-likeness (QED) is 0.791. The number of imidazole rings is 1. The van der Waals surface area contributed by atoms with Gasteiger partial charge in [-0.15, -0.1) is 11.3 Å². The van der Waals surface area contributed by atoms with E-state index in [0.29, 0.717) is 6.04 Å². The highest BCUT2D eigenvalue weighted by Crippen LogP contribution is 2.25. The van der Waals surface area contributed by atoms with Crippen LogP contribution in [0.2, 0.25) is 0 Å². The number of thiazole rings is 1. The number of nitrogens with zero attached hydrogens (tertiary/aromatic N) is 3. The van der Waals surface area contributed by atoms with Gasteiger partial charge in [-0.25, -0.2) is 4.98 Å². The van der Waals surface area contributed by atoms with E-state index in [1.165, 1.54) is 5.69 Å². The number of nitrogens with one attached hydrogen (secondary N) is 1. The molecule has 0 bridgehead atoms. The summed E-state index contributed by atoms with van der Waals surface area (Å²) in [6, 6.07) is 0.509. The number of rotatable bonds is 7. The van der Waals surface area contributed by atoms with Crippen LogP contribution in [0.15, 0.2) is 11.6 Å². The fourth-order valence-corrected chi connectivity index (χ4v) is 2.86. The molecular weight excluding hydrogens is 256 g/mol. The maximum Gasteiger partial charge on any atom is 0.195 e. The summed E-state index contributed by atoms with van der Waals surface area (Å²) in [6.45, 7) is 8.58. The minimum absolute atomic E-state index is 0.509. The highest BCUT2D eigenvalue weighted by atomic mass is 32.1. The third kappa shape index (κ3) is 2.92. The van der Waals surface area contributed by atoms with Crippen molar-refractivity contribution in [3.05, 3.63) is 17.3 Å². The van der Waals surface area contributed by atoms with Gasteiger partial charge in [-0.3, -0.25) is 4.40 Å². The smallest absolute Gasteiger partial charge is 0.195 e. The van der Waals surface area contributed by atoms with Crippen LogP contribution in [0.4, 0.5) is 5.82 Å². The molecule has 5 heteroatoms. The van der Waals surface area contributed by atoms with E-state index in [4.69, 9.17) is 4.98 Å². The summed E-state index contributed by atoms with van der Waals surface area (Å²) in [7, 11) is 2.14. The molecular formula is C14H24N4S. The van der Waals surface area contributed by atoms with Crippen molar-refractivity contribution in [2.45, 2.75) is 46.2 Å². The van der Waals surface area contributed by atoms with Gasteiger partial charge in [0.05, 0.1) is 5.69 Å². The van der Waals surface area contributed by atoms with Crippen molar-refractivity contribution in [3.63, 3.8) is 0 Å². The molecule has 0 fully saturated rings. The van der Waals surface area contributed by atoms with Crippen LogP contribution in [0.5, 0.6) is 0 Å². The van der Waals surface area contributed by atoms with Crippen molar-refractivity contribution in [1.29, 1.82) is 0 Å². The van der Waals surface area contributed by atoms with Gasteiger partial charge in [0.2, 0.25) is 0 Å². The standard InChI is InChI=1S/C14H24N4S/c1-5-7-15-10-12-13(17(4)11(3)6-2)16-14-18(12)8-9-19-14/h8-9,11,15H,5-7,10H2,1-4H3. The molecule has 19 heavy (non-hydrogen) atoms. The molecule has 2 rings (SSSR count). The first-order valence-electron chi connectivity index (χ1n) is 7.07. The maximum absolute atomic E-state index is 4.79. The lowest BCUT2D eigenvalue weighted by atomic mass is 10.2. The average molecular weight is 280 g/mol. The lowest BCUT2D eigenvalue weighted by Crippen LogP contribution is -2.30. The first-order chi connectivity index (χ1) is 9.19. The Hall–Kier alpha value is -1.07. The monoisotopic (exact) mass is 280 g/mol. The van der Waals surface area contributed by atoms with Crippen LogP contribution in [0, 0.1) is 0 Å². The van der Waals surface area contributed by atoms with Crippen LogP contribution in [0.25, 0.3) is 4.96 Å². The predicted octanol–water partition coefficient (Wildman–Crippen LogP) is 3.13. The molecule has 1 N–H and O–H groups in total. The Kier molecular flexibility index (Phi) is 4.82. The Labute approximate surface area is 119 Å². The van der Waals surface area contributed by atoms with Crippen LogP contribution >= 0.6 is 11.3 Å². The van der Waals surface area contributed by atoms with Gasteiger partial charge in [0.25, 0.3) is 0 Å². The fraction of sp³-hybridized carbons (Fsp3) is 0.643. The van der Waals surface area contributed by atoms with Gasteiger partial charge in [0.15, 0.2) is 10.8 Å². The molecule has 0 spiro atoms. The Morgan fingerprint density at radius 3 is 2.95 bits per heavy atom. The van der Waals surface area contributed by atoms with E-state index in [-0.39, 0.29) is 0 Å². The Bertz CT molecular complexity index is 516. The van der Waals surface area contributed by atoms with Crippen molar-refractivity contribution < 1.29 is 0 Å². The summed E-state index contributed by atoms with van der Waals surface area (Å²) >= 11 is 1.70. The second kappa shape index (κ2) is 6.39. The zero-order valence-corrected chi connectivity index (χ0v) is 13.1. The minimum atomic E-state index is 0.509. The molecule has 2 heterocycles. The summed E-state index contributed by atoms with van der Waals surface area (Å²) < 4.78 is 2.21. The molecule has 0 aromatic carbocycles. The number of aromatic nitrogens is 2. The molecule has 0 saturated carbocycles. The number of fused-ring (bicyclic) bond motifs is 1. The van der Waals surface area contributed by atoms with Crippen molar-refractivity contribution in [3.8, 4) is 0 Å². The van der Waals surface area contributed by atoms with Crippen LogP contribution in [-0.4, -0.2) is 29.0 Å². The molecule has 0 aliphatic carbocycles. The molecule has 1 atom stereocenters. The molecule has 1 unspecified atom stereocenters. The van der Waals surface area contributed by atoms with E-state index in [9.17, 15) is 0 Å². The molecule has 0 amide bonds. The third-order valence-corrected chi connectivity index (χ3v) is 4.40. The summed E-state index contributed by atoms with van der Waals surface area (Å²) in [5.41, 5.74) is 1.27. The Morgan fingerprint density at radius 1 is 1.47 bits per heavy atom. The Balaban J connectivity index is 2.30. The van der Waals surface area contributed by atoms with Gasteiger partial charge in [-0.2, -0.15) is 0 Å². The van der Waals surface area contributed by atoms with Crippen LogP contribution < -0.4 is 10.2 Å². The van der Waals surface area contributed by atoms with E-state index < -0.39 is 0 Å². The topological polar surface area (TPSA) is 32.6 Å². The van der Waals surface area contributed by atoms with Crippen LogP contribution in [0.3, 0.4) is 0 Å². The van der Waals surface area contributed by atoms with Crippen LogP contribution in [-0.2, 0) is 6.54 Å². The summed E-state index contributed by atoms with van der Waals surface area (Å²) in [5.74, 6) is 1.12. The van der Waals surface area contributed by atoms with E-state index in [1.807, 2.05) is 0 Å². The number of hydrogen-bond acceptors (Lipinski definition) is 4. The molecule has 0 saturated heterocycles. The summed E-state index contributed by atoms with van der Waals surface area (Å²) in [4.78, 5) is 8.16. The van der Waals surface area contributed by atoms with E-state index in [0.717, 1.165) is 36.7 Å². The summed E-state index contributed by atoms with van der Waals surface area (Å²) in [5, 5.41) is 5.58. The van der Waals surface area contributed by atoms with E-state index in [2.05, 4.69) is 54.0 Å². The zero-order chi connectivity index (χ0) is 13.8. The molecule has 0 aliphatic heterocycles. The van der Waals surface area contributed by atoms with Gasteiger partial charge in [-0.05, 0) is 26.3 Å². The number of hydrogen-bond donors (Lipinski definition) is 1. The van der Waals surface area contributed by atoms with Crippen molar-refractivity contribution in [1.82, 2.24) is 14.7 Å². The first-order valence-corrected chi connectivity index (χ1v) is 7.94. The summed E-state index contributed by atoms with van der Waals surface area (Å²) in [6.07, 6.45) is 4.40. The van der Waals surface area contributed by atoms with Gasteiger partial charge in [0, 0.05) is 31.2 Å². The van der Waals surface area contributed by atoms with Crippen molar-refractivity contribution >= 4 is 22.1 Å². The fourth-order valence-electron chi connectivity index (χ4n) is 2.13. The lowest BCUT2D eigenvalue weighted by molar-refractivity contribution is 0.636. The molecule has 0 radical (unpaired) electrons. The SMILES string of the molecule is CCCNCc1c(N(C)C(C)CC)nc2sccn12. The largest absolute Gasteiger partial charge is 0.355 e. The molecule has 2 aromatic rings. The molecule has 4 nitrogen and oxygen atoms in total. The molecule has 106 valence electrons. The van der Waals surface area contributed by atoms with E-state index in [1.54, 1.807) is 11.3 Å². The molecule has 0 aliphatic rings. The average Bonchev–Trinajstić information content (AvgIpc) is 2.99. The predicted molar refractivity (Wildman–Crippen MR) is 83.2 cm³/mol. The second-order valence-corrected chi connectivity index (χ2v) is 5.86. The van der Waals surface area contributed by atoms with Gasteiger partial charge in [-0.1, -0.05) is 13.8 Å². The third-order valence-electron chi connectivity index (χ3n) is 3.65. The Morgan fingerprint density at radius 2 is 2.26 bits per heavy atom. The van der Waals surface area contributed by atoms with Gasteiger partial charge in [0.1, 0.15) is 0 Å². The first kappa shape index (κ1) is 14.3. The van der Waals surface area contributed by atoms with Gasteiger partial charge < -0.3 is 10.2 Å². The maximum atomic E-state index is 4.79. The molecule has 2 aromatic heterocycles.